The number of carbonyl (C=O) groups is 1. The average molecular weight is 735 g/mol. The second kappa shape index (κ2) is 14.4. The first kappa shape index (κ1) is 33.7. The van der Waals surface area contributed by atoms with Crippen molar-refractivity contribution < 1.29 is 19.0 Å². The number of anilines is 1. The van der Waals surface area contributed by atoms with Gasteiger partial charge >= 0.3 is 0 Å². The van der Waals surface area contributed by atoms with Crippen molar-refractivity contribution in [1.29, 1.82) is 0 Å². The number of nitrogens with two attached hydrogens (primary N) is 1. The molecule has 1 saturated heterocycles. The number of aromatic nitrogens is 4. The van der Waals surface area contributed by atoms with Crippen LogP contribution < -0.4 is 15.8 Å². The molecule has 4 heterocycles. The number of aryl methyl sites for hydroxylation is 1. The van der Waals surface area contributed by atoms with Crippen molar-refractivity contribution in [2.24, 2.45) is 0 Å². The standard InChI is InChI=1S/C43H35ClN6O4/c44-34-24-38(54-25-26-8-3-1-4-9-26)33(43-52-20-21-53-43)23-32(34)42(51)49-36-16-13-28-22-29(14-15-30(28)36)50-40(31-12-7-19-46-39(31)45)48-37-18-17-35(47-41(37)50)27-10-5-2-6-11-27/h1-12,14-15,17-19,22-24,36,43H,13,16,20-21,25H2,(H2,45,46)(H,49,51)/t36-/m0/s1. The van der Waals surface area contributed by atoms with E-state index >= 15 is 0 Å². The Bertz CT molecular complexity index is 2500. The van der Waals surface area contributed by atoms with Gasteiger partial charge < -0.3 is 25.3 Å². The molecule has 7 aromatic rings. The molecule has 4 aromatic carbocycles. The molecule has 9 rings (SSSR count). The number of carbonyl (C=O) groups excluding carboxylic acids is 1. The van der Waals surface area contributed by atoms with E-state index < -0.39 is 6.29 Å². The van der Waals surface area contributed by atoms with Gasteiger partial charge in [0.25, 0.3) is 5.91 Å². The van der Waals surface area contributed by atoms with Crippen LogP contribution in [0.25, 0.3) is 39.5 Å². The van der Waals surface area contributed by atoms with Crippen molar-refractivity contribution in [3.05, 3.63) is 154 Å². The van der Waals surface area contributed by atoms with E-state index in [4.69, 9.17) is 41.5 Å². The first-order chi connectivity index (χ1) is 26.5. The highest BCUT2D eigenvalue weighted by Gasteiger charge is 2.29. The first-order valence-corrected chi connectivity index (χ1v) is 18.2. The Labute approximate surface area is 316 Å². The molecule has 1 atom stereocenters. The zero-order chi connectivity index (χ0) is 36.6. The molecule has 54 heavy (non-hydrogen) atoms. The molecule has 268 valence electrons. The monoisotopic (exact) mass is 734 g/mol. The van der Waals surface area contributed by atoms with Crippen LogP contribution >= 0.6 is 11.6 Å². The van der Waals surface area contributed by atoms with E-state index in [9.17, 15) is 4.79 Å². The molecule has 3 aromatic heterocycles. The minimum absolute atomic E-state index is 0.218. The minimum atomic E-state index is -0.658. The van der Waals surface area contributed by atoms with Gasteiger partial charge in [-0.05, 0) is 72.0 Å². The number of hydrogen-bond acceptors (Lipinski definition) is 8. The molecule has 1 aliphatic heterocycles. The van der Waals surface area contributed by atoms with Crippen LogP contribution in [0.1, 0.15) is 51.4 Å². The number of hydrogen-bond donors (Lipinski definition) is 2. The van der Waals surface area contributed by atoms with Gasteiger partial charge in [-0.1, -0.05) is 78.3 Å². The summed E-state index contributed by atoms with van der Waals surface area (Å²) in [5, 5.41) is 3.52. The molecule has 2 aliphatic rings. The number of benzene rings is 4. The lowest BCUT2D eigenvalue weighted by atomic mass is 10.0. The third kappa shape index (κ3) is 6.45. The summed E-state index contributed by atoms with van der Waals surface area (Å²) < 4.78 is 19.9. The second-order valence-corrected chi connectivity index (χ2v) is 13.7. The Hall–Kier alpha value is -6.07. The maximum atomic E-state index is 13.9. The molecule has 0 bridgehead atoms. The summed E-state index contributed by atoms with van der Waals surface area (Å²) in [6.45, 7) is 1.23. The fourth-order valence-corrected chi connectivity index (χ4v) is 7.46. The van der Waals surface area contributed by atoms with Crippen molar-refractivity contribution in [3.63, 3.8) is 0 Å². The van der Waals surface area contributed by atoms with Gasteiger partial charge in [0, 0.05) is 23.5 Å². The summed E-state index contributed by atoms with van der Waals surface area (Å²) in [7, 11) is 0. The molecular formula is C43H35ClN6O4. The van der Waals surface area contributed by atoms with Gasteiger partial charge in [-0.25, -0.2) is 15.0 Å². The second-order valence-electron chi connectivity index (χ2n) is 13.3. The van der Waals surface area contributed by atoms with Crippen molar-refractivity contribution >= 4 is 34.5 Å². The van der Waals surface area contributed by atoms with Gasteiger partial charge in [-0.2, -0.15) is 0 Å². The number of halogens is 1. The number of imidazole rings is 1. The molecule has 0 saturated carbocycles. The van der Waals surface area contributed by atoms with Crippen LogP contribution in [-0.2, 0) is 22.5 Å². The van der Waals surface area contributed by atoms with Crippen LogP contribution in [-0.4, -0.2) is 38.6 Å². The predicted molar refractivity (Wildman–Crippen MR) is 207 cm³/mol. The molecule has 0 radical (unpaired) electrons. The van der Waals surface area contributed by atoms with E-state index in [1.54, 1.807) is 18.3 Å². The van der Waals surface area contributed by atoms with Crippen molar-refractivity contribution in [3.8, 4) is 34.1 Å². The van der Waals surface area contributed by atoms with E-state index in [1.165, 1.54) is 0 Å². The van der Waals surface area contributed by atoms with Gasteiger partial charge in [0.1, 0.15) is 23.7 Å². The lowest BCUT2D eigenvalue weighted by Gasteiger charge is -2.20. The summed E-state index contributed by atoms with van der Waals surface area (Å²) in [5.74, 6) is 1.25. The quantitative estimate of drug-likeness (QED) is 0.151. The van der Waals surface area contributed by atoms with Gasteiger partial charge in [0.15, 0.2) is 17.8 Å². The Balaban J connectivity index is 1.03. The number of nitrogens with zero attached hydrogens (tertiary/aromatic N) is 4. The Kier molecular flexibility index (Phi) is 9.00. The minimum Gasteiger partial charge on any atom is -0.488 e. The van der Waals surface area contributed by atoms with E-state index in [0.29, 0.717) is 59.5 Å². The molecule has 0 spiro atoms. The van der Waals surface area contributed by atoms with Crippen LogP contribution in [0, 0.1) is 0 Å². The Morgan fingerprint density at radius 1 is 0.889 bits per heavy atom. The highest BCUT2D eigenvalue weighted by atomic mass is 35.5. The molecule has 11 heteroatoms. The number of pyridine rings is 2. The normalized spacial score (nSPS) is 15.4. The van der Waals surface area contributed by atoms with E-state index in [-0.39, 0.29) is 17.0 Å². The maximum absolute atomic E-state index is 13.9. The summed E-state index contributed by atoms with van der Waals surface area (Å²) in [5.41, 5.74) is 15.4. The molecule has 3 N–H and O–H groups in total. The third-order valence-corrected chi connectivity index (χ3v) is 10.2. The maximum Gasteiger partial charge on any atom is 0.253 e. The van der Waals surface area contributed by atoms with Gasteiger partial charge in [-0.15, -0.1) is 0 Å². The Morgan fingerprint density at radius 3 is 2.48 bits per heavy atom. The van der Waals surface area contributed by atoms with E-state index in [0.717, 1.165) is 52.0 Å². The van der Waals surface area contributed by atoms with E-state index in [2.05, 4.69) is 22.4 Å². The zero-order valence-corrected chi connectivity index (χ0v) is 29.9. The summed E-state index contributed by atoms with van der Waals surface area (Å²) in [4.78, 5) is 28.4. The van der Waals surface area contributed by atoms with Gasteiger partial charge in [-0.3, -0.25) is 9.36 Å². The molecule has 0 unspecified atom stereocenters. The highest BCUT2D eigenvalue weighted by Crippen LogP contribution is 2.39. The van der Waals surface area contributed by atoms with Crippen molar-refractivity contribution in [2.75, 3.05) is 18.9 Å². The van der Waals surface area contributed by atoms with Crippen molar-refractivity contribution in [1.82, 2.24) is 24.8 Å². The highest BCUT2D eigenvalue weighted by molar-refractivity contribution is 6.34. The number of ether oxygens (including phenoxy) is 3. The fraction of sp³-hybridized carbons (Fsp3) is 0.163. The zero-order valence-electron chi connectivity index (χ0n) is 29.1. The van der Waals surface area contributed by atoms with E-state index in [1.807, 2.05) is 95.6 Å². The summed E-state index contributed by atoms with van der Waals surface area (Å²) in [6.07, 6.45) is 2.50. The average Bonchev–Trinajstić information content (AvgIpc) is 3.97. The van der Waals surface area contributed by atoms with Gasteiger partial charge in [0.05, 0.1) is 46.7 Å². The van der Waals surface area contributed by atoms with Crippen molar-refractivity contribution in [2.45, 2.75) is 31.8 Å². The lowest BCUT2D eigenvalue weighted by molar-refractivity contribution is -0.0459. The first-order valence-electron chi connectivity index (χ1n) is 17.8. The predicted octanol–water partition coefficient (Wildman–Crippen LogP) is 8.43. The SMILES string of the molecule is Nc1ncccc1-c1nc2ccc(-c3ccccc3)nc2n1-c1ccc2c(c1)CC[C@@H]2NC(=O)c1cc(C2OCCO2)c(OCc2ccccc2)cc1Cl. The topological polar surface area (TPSA) is 126 Å². The summed E-state index contributed by atoms with van der Waals surface area (Å²) in [6, 6.07) is 37.1. The molecule has 1 amide bonds. The lowest BCUT2D eigenvalue weighted by Crippen LogP contribution is -2.27. The number of amides is 1. The van der Waals surface area contributed by atoms with Crippen LogP contribution in [0.2, 0.25) is 5.02 Å². The molecule has 10 nitrogen and oxygen atoms in total. The van der Waals surface area contributed by atoms with Crippen LogP contribution in [0.4, 0.5) is 5.82 Å². The smallest absolute Gasteiger partial charge is 0.253 e. The van der Waals surface area contributed by atoms with Crippen LogP contribution in [0.3, 0.4) is 0 Å². The van der Waals surface area contributed by atoms with Gasteiger partial charge in [0.2, 0.25) is 0 Å². The number of rotatable bonds is 9. The Morgan fingerprint density at radius 2 is 1.69 bits per heavy atom. The van der Waals surface area contributed by atoms with Crippen LogP contribution in [0.5, 0.6) is 5.75 Å². The molecular weight excluding hydrogens is 700 g/mol. The number of nitrogens with one attached hydrogen (secondary N) is 1. The largest absolute Gasteiger partial charge is 0.488 e. The summed E-state index contributed by atoms with van der Waals surface area (Å²) >= 11 is 6.77. The number of fused-ring (bicyclic) bond motifs is 2. The number of nitrogen functional groups attached to an aromatic ring is 1. The van der Waals surface area contributed by atoms with Crippen LogP contribution in [0.15, 0.2) is 121 Å². The fourth-order valence-electron chi connectivity index (χ4n) is 7.22. The molecule has 1 fully saturated rings. The third-order valence-electron chi connectivity index (χ3n) is 9.88. The molecule has 1 aliphatic carbocycles.